The molecule has 0 atom stereocenters. The maximum Gasteiger partial charge on any atom is 0.250 e. The van der Waals surface area contributed by atoms with Crippen LogP contribution in [0.2, 0.25) is 0 Å². The minimum atomic E-state index is 0.0793. The zero-order chi connectivity index (χ0) is 9.26. The first kappa shape index (κ1) is 8.47. The highest BCUT2D eigenvalue weighted by molar-refractivity contribution is 7.68. The summed E-state index contributed by atoms with van der Waals surface area (Å²) >= 11 is 0. The number of rotatable bonds is 1. The van der Waals surface area contributed by atoms with Gasteiger partial charge in [0, 0.05) is 5.38 Å². The second-order valence-corrected chi connectivity index (χ2v) is 4.59. The van der Waals surface area contributed by atoms with E-state index in [1.54, 1.807) is 24.3 Å². The minimum absolute atomic E-state index is 0.0793. The van der Waals surface area contributed by atoms with Crippen LogP contribution in [0, 0.1) is 0 Å². The molecule has 66 valence electrons. The Balaban J connectivity index is 2.54. The third kappa shape index (κ3) is 1.64. The third-order valence-electron chi connectivity index (χ3n) is 1.69. The van der Waals surface area contributed by atoms with E-state index >= 15 is 0 Å². The first-order valence-corrected chi connectivity index (χ1v) is 5.86. The van der Waals surface area contributed by atoms with E-state index in [4.69, 9.17) is 5.11 Å². The molecule has 1 heterocycles. The summed E-state index contributed by atoms with van der Waals surface area (Å²) in [4.78, 5) is 11.3. The fourth-order valence-electron chi connectivity index (χ4n) is 1.04. The van der Waals surface area contributed by atoms with Gasteiger partial charge in [-0.1, -0.05) is 22.5 Å². The van der Waals surface area contributed by atoms with E-state index in [9.17, 15) is 4.79 Å². The van der Waals surface area contributed by atoms with Gasteiger partial charge in [0.05, 0.1) is 5.56 Å². The van der Waals surface area contributed by atoms with E-state index in [1.807, 2.05) is 5.38 Å². The molecule has 0 spiro atoms. The Labute approximate surface area is 82.1 Å². The van der Waals surface area contributed by atoms with Gasteiger partial charge in [-0.05, 0) is 28.0 Å². The van der Waals surface area contributed by atoms with Crippen molar-refractivity contribution in [1.82, 2.24) is 0 Å². The van der Waals surface area contributed by atoms with Crippen LogP contribution in [0.5, 0.6) is 5.75 Å². The van der Waals surface area contributed by atoms with Gasteiger partial charge >= 0.3 is 0 Å². The standard InChI is InChI=1S/C9H6O2S2/c10-7-3-1-6(2-4-7)8-5-12-13-9(8)11/h1-5,10H. The first-order chi connectivity index (χ1) is 6.27. The van der Waals surface area contributed by atoms with Crippen molar-refractivity contribution in [2.45, 2.75) is 0 Å². The van der Waals surface area contributed by atoms with E-state index in [-0.39, 0.29) is 10.5 Å². The molecule has 2 rings (SSSR count). The molecule has 0 fully saturated rings. The molecule has 0 aliphatic heterocycles. The second-order valence-electron chi connectivity index (χ2n) is 2.55. The molecule has 2 aromatic rings. The van der Waals surface area contributed by atoms with Crippen LogP contribution in [-0.4, -0.2) is 5.11 Å². The van der Waals surface area contributed by atoms with Gasteiger partial charge < -0.3 is 5.11 Å². The van der Waals surface area contributed by atoms with Crippen LogP contribution in [-0.2, 0) is 0 Å². The van der Waals surface area contributed by atoms with E-state index in [0.29, 0.717) is 0 Å². The quantitative estimate of drug-likeness (QED) is 0.734. The molecular weight excluding hydrogens is 204 g/mol. The van der Waals surface area contributed by atoms with E-state index in [1.165, 1.54) is 20.7 Å². The Morgan fingerprint density at radius 3 is 2.38 bits per heavy atom. The summed E-state index contributed by atoms with van der Waals surface area (Å²) in [6.07, 6.45) is 0. The van der Waals surface area contributed by atoms with Crippen LogP contribution in [0.1, 0.15) is 0 Å². The third-order valence-corrected chi connectivity index (χ3v) is 3.52. The lowest BCUT2D eigenvalue weighted by atomic mass is 10.1. The highest BCUT2D eigenvalue weighted by Gasteiger charge is 2.03. The predicted molar refractivity (Wildman–Crippen MR) is 55.6 cm³/mol. The lowest BCUT2D eigenvalue weighted by Gasteiger charge is -1.95. The molecule has 0 unspecified atom stereocenters. The molecule has 0 bridgehead atoms. The van der Waals surface area contributed by atoms with Crippen LogP contribution >= 0.6 is 20.7 Å². The number of hydrogen-bond donors (Lipinski definition) is 1. The number of phenols is 1. The highest BCUT2D eigenvalue weighted by atomic mass is 32.9. The van der Waals surface area contributed by atoms with Crippen LogP contribution in [0.4, 0.5) is 0 Å². The van der Waals surface area contributed by atoms with Crippen LogP contribution in [0.25, 0.3) is 11.1 Å². The molecule has 0 aliphatic rings. The van der Waals surface area contributed by atoms with E-state index in [0.717, 1.165) is 11.1 Å². The largest absolute Gasteiger partial charge is 0.508 e. The van der Waals surface area contributed by atoms with Gasteiger partial charge in [-0.3, -0.25) is 4.79 Å². The SMILES string of the molecule is O=c1sscc1-c1ccc(O)cc1. The average Bonchev–Trinajstić information content (AvgIpc) is 2.53. The van der Waals surface area contributed by atoms with Crippen molar-refractivity contribution < 1.29 is 5.11 Å². The van der Waals surface area contributed by atoms with Gasteiger partial charge in [0.2, 0.25) is 0 Å². The van der Waals surface area contributed by atoms with E-state index < -0.39 is 0 Å². The second kappa shape index (κ2) is 3.32. The molecule has 1 aromatic heterocycles. The Hall–Kier alpha value is -1.13. The Bertz CT molecular complexity index is 453. The van der Waals surface area contributed by atoms with Crippen molar-refractivity contribution >= 4 is 20.7 Å². The van der Waals surface area contributed by atoms with Crippen LogP contribution in [0.3, 0.4) is 0 Å². The number of benzene rings is 1. The van der Waals surface area contributed by atoms with Gasteiger partial charge in [-0.2, -0.15) is 0 Å². The number of hydrogen-bond acceptors (Lipinski definition) is 4. The summed E-state index contributed by atoms with van der Waals surface area (Å²) < 4.78 is 0.0793. The molecule has 2 nitrogen and oxygen atoms in total. The lowest BCUT2D eigenvalue weighted by Crippen LogP contribution is -1.91. The Kier molecular flexibility index (Phi) is 2.16. The Morgan fingerprint density at radius 1 is 1.15 bits per heavy atom. The van der Waals surface area contributed by atoms with E-state index in [2.05, 4.69) is 0 Å². The van der Waals surface area contributed by atoms with Gasteiger partial charge in [0.1, 0.15) is 5.75 Å². The molecule has 1 N–H and O–H groups in total. The first-order valence-electron chi connectivity index (χ1n) is 3.64. The molecular formula is C9H6O2S2. The zero-order valence-electron chi connectivity index (χ0n) is 6.56. The topological polar surface area (TPSA) is 37.3 Å². The molecule has 13 heavy (non-hydrogen) atoms. The molecule has 0 amide bonds. The van der Waals surface area contributed by atoms with Gasteiger partial charge in [-0.15, -0.1) is 0 Å². The molecule has 4 heteroatoms. The summed E-state index contributed by atoms with van der Waals surface area (Å²) in [6.45, 7) is 0. The molecule has 0 saturated carbocycles. The molecule has 0 aliphatic carbocycles. The summed E-state index contributed by atoms with van der Waals surface area (Å²) in [5, 5.41) is 10.9. The normalized spacial score (nSPS) is 10.2. The van der Waals surface area contributed by atoms with Crippen molar-refractivity contribution in [2.24, 2.45) is 0 Å². The Morgan fingerprint density at radius 2 is 1.85 bits per heavy atom. The van der Waals surface area contributed by atoms with Crippen LogP contribution < -0.4 is 4.74 Å². The molecule has 1 aromatic carbocycles. The highest BCUT2D eigenvalue weighted by Crippen LogP contribution is 2.21. The monoisotopic (exact) mass is 210 g/mol. The maximum atomic E-state index is 11.3. The maximum absolute atomic E-state index is 11.3. The fourth-order valence-corrected chi connectivity index (χ4v) is 2.82. The summed E-state index contributed by atoms with van der Waals surface area (Å²) in [5.41, 5.74) is 1.58. The lowest BCUT2D eigenvalue weighted by molar-refractivity contribution is 0.475. The van der Waals surface area contributed by atoms with Crippen molar-refractivity contribution in [3.05, 3.63) is 39.2 Å². The van der Waals surface area contributed by atoms with Gasteiger partial charge in [-0.25, -0.2) is 0 Å². The summed E-state index contributed by atoms with van der Waals surface area (Å²) in [7, 11) is 2.66. The van der Waals surface area contributed by atoms with Crippen molar-refractivity contribution in [1.29, 1.82) is 0 Å². The minimum Gasteiger partial charge on any atom is -0.508 e. The smallest absolute Gasteiger partial charge is 0.250 e. The van der Waals surface area contributed by atoms with Crippen molar-refractivity contribution in [2.75, 3.05) is 0 Å². The van der Waals surface area contributed by atoms with Gasteiger partial charge in [0.25, 0.3) is 4.74 Å². The van der Waals surface area contributed by atoms with Crippen molar-refractivity contribution in [3.8, 4) is 16.9 Å². The number of aromatic hydroxyl groups is 1. The fraction of sp³-hybridized carbons (Fsp3) is 0. The average molecular weight is 210 g/mol. The predicted octanol–water partition coefficient (Wildman–Crippen LogP) is 2.54. The molecule has 0 saturated heterocycles. The zero-order valence-corrected chi connectivity index (χ0v) is 8.19. The number of phenolic OH excluding ortho intramolecular Hbond substituents is 1. The van der Waals surface area contributed by atoms with Crippen LogP contribution in [0.15, 0.2) is 34.4 Å². The molecule has 0 radical (unpaired) electrons. The summed E-state index contributed by atoms with van der Waals surface area (Å²) in [5.74, 6) is 0.218. The summed E-state index contributed by atoms with van der Waals surface area (Å²) in [6, 6.07) is 6.64. The van der Waals surface area contributed by atoms with Crippen molar-refractivity contribution in [3.63, 3.8) is 0 Å². The van der Waals surface area contributed by atoms with Gasteiger partial charge in [0.15, 0.2) is 0 Å².